The number of nitrogens with two attached hydrogens (primary N) is 1. The second kappa shape index (κ2) is 5.86. The van der Waals surface area contributed by atoms with Crippen LogP contribution in [-0.2, 0) is 0 Å². The second-order valence-corrected chi connectivity index (χ2v) is 3.65. The van der Waals surface area contributed by atoms with Crippen molar-refractivity contribution < 1.29 is 9.13 Å². The van der Waals surface area contributed by atoms with E-state index in [-0.39, 0.29) is 11.6 Å². The minimum absolute atomic E-state index is 0.224. The van der Waals surface area contributed by atoms with Crippen molar-refractivity contribution in [1.82, 2.24) is 4.98 Å². The zero-order valence-electron chi connectivity index (χ0n) is 9.77. The predicted molar refractivity (Wildman–Crippen MR) is 69.0 cm³/mol. The fourth-order valence-corrected chi connectivity index (χ4v) is 1.46. The number of anilines is 2. The third-order valence-corrected chi connectivity index (χ3v) is 2.33. The van der Waals surface area contributed by atoms with Crippen LogP contribution < -0.4 is 15.8 Å². The Bertz CT molecular complexity index is 472. The lowest BCUT2D eigenvalue weighted by Gasteiger charge is -2.09. The summed E-state index contributed by atoms with van der Waals surface area (Å²) >= 11 is 0. The molecular formula is C13H14FN3O. The van der Waals surface area contributed by atoms with Crippen LogP contribution in [0.2, 0.25) is 0 Å². The van der Waals surface area contributed by atoms with Crippen LogP contribution in [0.15, 0.2) is 42.6 Å². The maximum absolute atomic E-state index is 13.2. The van der Waals surface area contributed by atoms with Crippen LogP contribution in [0.3, 0.4) is 0 Å². The largest absolute Gasteiger partial charge is 0.490 e. The Hall–Kier alpha value is -2.30. The lowest BCUT2D eigenvalue weighted by Crippen LogP contribution is -2.13. The van der Waals surface area contributed by atoms with Gasteiger partial charge in [0.25, 0.3) is 0 Å². The molecule has 18 heavy (non-hydrogen) atoms. The normalized spacial score (nSPS) is 10.1. The molecule has 1 heterocycles. The molecule has 0 aliphatic rings. The predicted octanol–water partition coefficient (Wildman–Crippen LogP) is 2.29. The van der Waals surface area contributed by atoms with Gasteiger partial charge in [-0.15, -0.1) is 0 Å². The number of benzene rings is 1. The summed E-state index contributed by atoms with van der Waals surface area (Å²) in [6.07, 6.45) is 1.53. The molecule has 4 nitrogen and oxygen atoms in total. The minimum atomic E-state index is -0.378. The first-order valence-corrected chi connectivity index (χ1v) is 5.59. The Morgan fingerprint density at radius 3 is 2.83 bits per heavy atom. The number of nitrogens with one attached hydrogen (secondary N) is 1. The maximum atomic E-state index is 13.2. The standard InChI is InChI=1S/C13H14FN3O/c14-10-4-3-7-16-13(10)17-8-9-18-12-6-2-1-5-11(12)15/h1-7H,8-9,15H2,(H,16,17). The topological polar surface area (TPSA) is 60.2 Å². The first-order chi connectivity index (χ1) is 8.77. The molecule has 0 aliphatic carbocycles. The Balaban J connectivity index is 1.80. The van der Waals surface area contributed by atoms with E-state index in [1.54, 1.807) is 18.2 Å². The first kappa shape index (κ1) is 12.2. The van der Waals surface area contributed by atoms with Gasteiger partial charge in [-0.2, -0.15) is 0 Å². The molecule has 0 unspecified atom stereocenters. The molecule has 0 saturated carbocycles. The number of nitrogens with zero attached hydrogens (tertiary/aromatic N) is 1. The SMILES string of the molecule is Nc1ccccc1OCCNc1ncccc1F. The third-order valence-electron chi connectivity index (χ3n) is 2.33. The molecule has 1 aromatic carbocycles. The summed E-state index contributed by atoms with van der Waals surface area (Å²) in [6.45, 7) is 0.826. The molecule has 0 saturated heterocycles. The zero-order valence-corrected chi connectivity index (χ0v) is 9.77. The number of hydrogen-bond acceptors (Lipinski definition) is 4. The van der Waals surface area contributed by atoms with Gasteiger partial charge in [-0.05, 0) is 24.3 Å². The third kappa shape index (κ3) is 3.10. The van der Waals surface area contributed by atoms with Gasteiger partial charge in [0.2, 0.25) is 0 Å². The maximum Gasteiger partial charge on any atom is 0.165 e. The van der Waals surface area contributed by atoms with Gasteiger partial charge in [-0.25, -0.2) is 9.37 Å². The van der Waals surface area contributed by atoms with Gasteiger partial charge in [-0.3, -0.25) is 0 Å². The molecule has 1 aromatic heterocycles. The number of ether oxygens (including phenoxy) is 1. The molecule has 0 bridgehead atoms. The molecule has 94 valence electrons. The van der Waals surface area contributed by atoms with Crippen molar-refractivity contribution in [3.63, 3.8) is 0 Å². The lowest BCUT2D eigenvalue weighted by atomic mass is 10.3. The van der Waals surface area contributed by atoms with E-state index in [0.29, 0.717) is 24.6 Å². The van der Waals surface area contributed by atoms with Gasteiger partial charge in [0.1, 0.15) is 12.4 Å². The molecule has 5 heteroatoms. The van der Waals surface area contributed by atoms with Crippen LogP contribution in [0.5, 0.6) is 5.75 Å². The van der Waals surface area contributed by atoms with Gasteiger partial charge in [0.15, 0.2) is 11.6 Å². The smallest absolute Gasteiger partial charge is 0.165 e. The number of aromatic nitrogens is 1. The van der Waals surface area contributed by atoms with E-state index in [1.807, 2.05) is 12.1 Å². The molecule has 0 radical (unpaired) electrons. The average Bonchev–Trinajstić information content (AvgIpc) is 2.38. The number of pyridine rings is 1. The zero-order chi connectivity index (χ0) is 12.8. The number of rotatable bonds is 5. The molecular weight excluding hydrogens is 233 g/mol. The van der Waals surface area contributed by atoms with Crippen LogP contribution in [0.25, 0.3) is 0 Å². The highest BCUT2D eigenvalue weighted by Gasteiger charge is 2.01. The summed E-state index contributed by atoms with van der Waals surface area (Å²) in [5, 5.41) is 2.85. The summed E-state index contributed by atoms with van der Waals surface area (Å²) in [4.78, 5) is 3.87. The van der Waals surface area contributed by atoms with Crippen molar-refractivity contribution in [2.75, 3.05) is 24.2 Å². The van der Waals surface area contributed by atoms with E-state index < -0.39 is 0 Å². The van der Waals surface area contributed by atoms with Gasteiger partial charge in [-0.1, -0.05) is 12.1 Å². The van der Waals surface area contributed by atoms with Crippen LogP contribution in [0.4, 0.5) is 15.9 Å². The molecule has 3 N–H and O–H groups in total. The van der Waals surface area contributed by atoms with Crippen molar-refractivity contribution in [2.45, 2.75) is 0 Å². The van der Waals surface area contributed by atoms with Crippen molar-refractivity contribution in [2.24, 2.45) is 0 Å². The van der Waals surface area contributed by atoms with E-state index >= 15 is 0 Å². The van der Waals surface area contributed by atoms with Crippen LogP contribution in [0, 0.1) is 5.82 Å². The number of hydrogen-bond donors (Lipinski definition) is 2. The van der Waals surface area contributed by atoms with Gasteiger partial charge < -0.3 is 15.8 Å². The van der Waals surface area contributed by atoms with Crippen LogP contribution >= 0.6 is 0 Å². The fourth-order valence-electron chi connectivity index (χ4n) is 1.46. The Morgan fingerprint density at radius 1 is 1.22 bits per heavy atom. The van der Waals surface area contributed by atoms with Gasteiger partial charge >= 0.3 is 0 Å². The molecule has 0 amide bonds. The number of nitrogen functional groups attached to an aromatic ring is 1. The van der Waals surface area contributed by atoms with E-state index in [4.69, 9.17) is 10.5 Å². The fraction of sp³-hybridized carbons (Fsp3) is 0.154. The van der Waals surface area contributed by atoms with E-state index in [1.165, 1.54) is 12.3 Å². The summed E-state index contributed by atoms with van der Waals surface area (Å²) in [5.74, 6) is 0.472. The Morgan fingerprint density at radius 2 is 2.06 bits per heavy atom. The summed E-state index contributed by atoms with van der Waals surface area (Å²) in [5.41, 5.74) is 6.30. The molecule has 2 aromatic rings. The van der Waals surface area contributed by atoms with Crippen LogP contribution in [0.1, 0.15) is 0 Å². The first-order valence-electron chi connectivity index (χ1n) is 5.59. The Kier molecular flexibility index (Phi) is 3.96. The highest BCUT2D eigenvalue weighted by Crippen LogP contribution is 2.19. The van der Waals surface area contributed by atoms with E-state index in [2.05, 4.69) is 10.3 Å². The van der Waals surface area contributed by atoms with Gasteiger partial charge in [0, 0.05) is 6.20 Å². The number of halogens is 1. The molecule has 0 atom stereocenters. The highest BCUT2D eigenvalue weighted by atomic mass is 19.1. The summed E-state index contributed by atoms with van der Waals surface area (Å²) in [7, 11) is 0. The minimum Gasteiger partial charge on any atom is -0.490 e. The highest BCUT2D eigenvalue weighted by molar-refractivity contribution is 5.51. The van der Waals surface area contributed by atoms with Crippen molar-refractivity contribution in [1.29, 1.82) is 0 Å². The summed E-state index contributed by atoms with van der Waals surface area (Å²) in [6, 6.07) is 10.1. The monoisotopic (exact) mass is 247 g/mol. The van der Waals surface area contributed by atoms with E-state index in [9.17, 15) is 4.39 Å². The van der Waals surface area contributed by atoms with Gasteiger partial charge in [0.05, 0.1) is 12.2 Å². The lowest BCUT2D eigenvalue weighted by molar-refractivity contribution is 0.334. The molecule has 2 rings (SSSR count). The quantitative estimate of drug-likeness (QED) is 0.628. The van der Waals surface area contributed by atoms with Crippen molar-refractivity contribution >= 4 is 11.5 Å². The Labute approximate surface area is 105 Å². The molecule has 0 aliphatic heterocycles. The van der Waals surface area contributed by atoms with E-state index in [0.717, 1.165) is 0 Å². The average molecular weight is 247 g/mol. The molecule has 0 fully saturated rings. The van der Waals surface area contributed by atoms with Crippen LogP contribution in [-0.4, -0.2) is 18.1 Å². The second-order valence-electron chi connectivity index (χ2n) is 3.65. The summed E-state index contributed by atoms with van der Waals surface area (Å²) < 4.78 is 18.7. The van der Waals surface area contributed by atoms with Crippen molar-refractivity contribution in [3.05, 3.63) is 48.4 Å². The molecule has 0 spiro atoms. The number of para-hydroxylation sites is 2. The van der Waals surface area contributed by atoms with Crippen molar-refractivity contribution in [3.8, 4) is 5.75 Å².